The van der Waals surface area contributed by atoms with Crippen LogP contribution in [-0.4, -0.2) is 25.8 Å². The van der Waals surface area contributed by atoms with Gasteiger partial charge in [-0.3, -0.25) is 4.79 Å². The fraction of sp³-hybridized carbons (Fsp3) is 0.125. The average Bonchev–Trinajstić information content (AvgIpc) is 2.55. The van der Waals surface area contributed by atoms with Crippen LogP contribution in [0.5, 0.6) is 5.75 Å². The van der Waals surface area contributed by atoms with Crippen molar-refractivity contribution in [3.8, 4) is 5.75 Å². The predicted molar refractivity (Wildman–Crippen MR) is 91.3 cm³/mol. The Morgan fingerprint density at radius 1 is 1.30 bits per heavy atom. The average molecular weight is 380 g/mol. The summed E-state index contributed by atoms with van der Waals surface area (Å²) in [6, 6.07) is 11.7. The molecule has 0 unspecified atom stereocenters. The van der Waals surface area contributed by atoms with E-state index in [1.165, 1.54) is 12.3 Å². The summed E-state index contributed by atoms with van der Waals surface area (Å²) >= 11 is 3.17. The molecule has 2 N–H and O–H groups in total. The van der Waals surface area contributed by atoms with Crippen molar-refractivity contribution in [2.75, 3.05) is 19.0 Å². The van der Waals surface area contributed by atoms with E-state index in [4.69, 9.17) is 4.74 Å². The second kappa shape index (κ2) is 8.28. The summed E-state index contributed by atoms with van der Waals surface area (Å²) in [5.74, 6) is -0.0237. The Morgan fingerprint density at radius 2 is 2.04 bits per heavy atom. The van der Waals surface area contributed by atoms with E-state index in [0.29, 0.717) is 4.47 Å². The molecule has 0 aliphatic heterocycles. The number of amides is 1. The summed E-state index contributed by atoms with van der Waals surface area (Å²) in [5, 5.41) is 6.67. The van der Waals surface area contributed by atoms with E-state index >= 15 is 0 Å². The first-order chi connectivity index (χ1) is 11.1. The molecule has 0 spiro atoms. The van der Waals surface area contributed by atoms with Crippen LogP contribution in [0, 0.1) is 5.82 Å². The molecule has 0 aliphatic rings. The normalized spacial score (nSPS) is 10.6. The van der Waals surface area contributed by atoms with E-state index in [1.54, 1.807) is 43.5 Å². The number of ether oxygens (including phenoxy) is 1. The van der Waals surface area contributed by atoms with Gasteiger partial charge in [0.2, 0.25) is 0 Å². The second-order valence-electron chi connectivity index (χ2n) is 4.54. The molecule has 0 radical (unpaired) electrons. The molecule has 5 nitrogen and oxygen atoms in total. The summed E-state index contributed by atoms with van der Waals surface area (Å²) in [6.45, 7) is 0.0481. The van der Waals surface area contributed by atoms with Gasteiger partial charge in [0.1, 0.15) is 11.6 Å². The Labute approximate surface area is 141 Å². The molecule has 0 bridgehead atoms. The highest BCUT2D eigenvalue weighted by Gasteiger charge is 2.02. The lowest BCUT2D eigenvalue weighted by atomic mass is 10.2. The zero-order valence-corrected chi connectivity index (χ0v) is 13.9. The van der Waals surface area contributed by atoms with E-state index in [2.05, 4.69) is 31.8 Å². The monoisotopic (exact) mass is 379 g/mol. The summed E-state index contributed by atoms with van der Waals surface area (Å²) in [7, 11) is 1.59. The van der Waals surface area contributed by atoms with Crippen molar-refractivity contribution in [2.45, 2.75) is 0 Å². The number of hydrogen-bond acceptors (Lipinski definition) is 4. The minimum absolute atomic E-state index is 0.0481. The molecule has 0 saturated heterocycles. The van der Waals surface area contributed by atoms with Gasteiger partial charge in [-0.25, -0.2) is 9.82 Å². The number of nitrogens with one attached hydrogen (secondary N) is 2. The molecule has 23 heavy (non-hydrogen) atoms. The first kappa shape index (κ1) is 17.0. The van der Waals surface area contributed by atoms with Gasteiger partial charge in [0.05, 0.1) is 19.9 Å². The first-order valence-corrected chi connectivity index (χ1v) is 7.52. The molecule has 0 fully saturated rings. The van der Waals surface area contributed by atoms with E-state index < -0.39 is 5.82 Å². The maximum absolute atomic E-state index is 13.5. The maximum atomic E-state index is 13.5. The highest BCUT2D eigenvalue weighted by Crippen LogP contribution is 2.15. The van der Waals surface area contributed by atoms with Gasteiger partial charge in [0.15, 0.2) is 0 Å². The van der Waals surface area contributed by atoms with Crippen LogP contribution < -0.4 is 15.5 Å². The van der Waals surface area contributed by atoms with Crippen LogP contribution in [0.25, 0.3) is 0 Å². The van der Waals surface area contributed by atoms with Crippen molar-refractivity contribution in [2.24, 2.45) is 5.10 Å². The molecule has 0 heterocycles. The van der Waals surface area contributed by atoms with E-state index in [9.17, 15) is 9.18 Å². The van der Waals surface area contributed by atoms with Crippen LogP contribution in [0.2, 0.25) is 0 Å². The third kappa shape index (κ3) is 5.37. The van der Waals surface area contributed by atoms with Gasteiger partial charge < -0.3 is 10.1 Å². The highest BCUT2D eigenvalue weighted by atomic mass is 79.9. The van der Waals surface area contributed by atoms with Crippen LogP contribution in [-0.2, 0) is 4.79 Å². The van der Waals surface area contributed by atoms with Gasteiger partial charge >= 0.3 is 0 Å². The van der Waals surface area contributed by atoms with Gasteiger partial charge in [0.25, 0.3) is 5.91 Å². The van der Waals surface area contributed by atoms with Crippen molar-refractivity contribution in [1.82, 2.24) is 5.43 Å². The number of benzene rings is 2. The van der Waals surface area contributed by atoms with Crippen molar-refractivity contribution < 1.29 is 13.9 Å². The second-order valence-corrected chi connectivity index (χ2v) is 5.46. The molecule has 0 aromatic heterocycles. The number of rotatable bonds is 6. The highest BCUT2D eigenvalue weighted by molar-refractivity contribution is 9.10. The predicted octanol–water partition coefficient (Wildman–Crippen LogP) is 3.16. The molecule has 0 atom stereocenters. The third-order valence-corrected chi connectivity index (χ3v) is 3.39. The molecule has 120 valence electrons. The fourth-order valence-electron chi connectivity index (χ4n) is 1.71. The minimum atomic E-state index is -0.422. The number of nitrogens with zero attached hydrogens (tertiary/aromatic N) is 1. The standard InChI is InChI=1S/C16H15BrFN3O2/c1-23-14-6-4-13(5-7-14)19-10-16(22)21-20-9-11-2-3-12(17)8-15(11)18/h2-9,19H,10H2,1H3,(H,21,22)/b20-9-. The van der Waals surface area contributed by atoms with E-state index in [-0.39, 0.29) is 18.0 Å². The van der Waals surface area contributed by atoms with Gasteiger partial charge in [-0.1, -0.05) is 15.9 Å². The molecule has 1 amide bonds. The topological polar surface area (TPSA) is 62.7 Å². The smallest absolute Gasteiger partial charge is 0.259 e. The van der Waals surface area contributed by atoms with Crippen molar-refractivity contribution in [3.05, 3.63) is 58.3 Å². The van der Waals surface area contributed by atoms with Gasteiger partial charge in [-0.05, 0) is 42.5 Å². The number of carbonyl (C=O) groups is 1. The largest absolute Gasteiger partial charge is 0.497 e. The molecular formula is C16H15BrFN3O2. The molecule has 2 aromatic rings. The SMILES string of the molecule is COc1ccc(NCC(=O)N/N=C\c2ccc(Br)cc2F)cc1. The quantitative estimate of drug-likeness (QED) is 0.598. The van der Waals surface area contributed by atoms with E-state index in [1.807, 2.05) is 0 Å². The first-order valence-electron chi connectivity index (χ1n) is 6.73. The van der Waals surface area contributed by atoms with Crippen LogP contribution in [0.4, 0.5) is 10.1 Å². The maximum Gasteiger partial charge on any atom is 0.259 e. The lowest BCUT2D eigenvalue weighted by molar-refractivity contribution is -0.119. The molecular weight excluding hydrogens is 365 g/mol. The Kier molecular flexibility index (Phi) is 6.10. The van der Waals surface area contributed by atoms with Crippen LogP contribution in [0.1, 0.15) is 5.56 Å². The number of anilines is 1. The summed E-state index contributed by atoms with van der Waals surface area (Å²) < 4.78 is 19.2. The van der Waals surface area contributed by atoms with Gasteiger partial charge in [-0.2, -0.15) is 5.10 Å². The number of carbonyl (C=O) groups excluding carboxylic acids is 1. The summed E-state index contributed by atoms with van der Waals surface area (Å²) in [6.07, 6.45) is 1.26. The Bertz CT molecular complexity index is 705. The Balaban J connectivity index is 1.81. The third-order valence-electron chi connectivity index (χ3n) is 2.90. The molecule has 7 heteroatoms. The zero-order valence-electron chi connectivity index (χ0n) is 12.3. The van der Waals surface area contributed by atoms with Crippen LogP contribution in [0.3, 0.4) is 0 Å². The number of halogens is 2. The molecule has 0 aliphatic carbocycles. The fourth-order valence-corrected chi connectivity index (χ4v) is 2.04. The summed E-state index contributed by atoms with van der Waals surface area (Å²) in [5.41, 5.74) is 3.40. The number of hydrogen-bond donors (Lipinski definition) is 2. The minimum Gasteiger partial charge on any atom is -0.497 e. The Hall–Kier alpha value is -2.41. The number of hydrazone groups is 1. The lowest BCUT2D eigenvalue weighted by Crippen LogP contribution is -2.25. The number of methoxy groups -OCH3 is 1. The van der Waals surface area contributed by atoms with Gasteiger partial charge in [-0.15, -0.1) is 0 Å². The van der Waals surface area contributed by atoms with Crippen molar-refractivity contribution >= 4 is 33.7 Å². The summed E-state index contributed by atoms with van der Waals surface area (Å²) in [4.78, 5) is 11.7. The molecule has 0 saturated carbocycles. The van der Waals surface area contributed by atoms with E-state index in [0.717, 1.165) is 11.4 Å². The zero-order chi connectivity index (χ0) is 16.7. The van der Waals surface area contributed by atoms with Crippen LogP contribution in [0.15, 0.2) is 52.0 Å². The molecule has 2 rings (SSSR count). The molecule has 2 aromatic carbocycles. The van der Waals surface area contributed by atoms with Gasteiger partial charge in [0, 0.05) is 15.7 Å². The van der Waals surface area contributed by atoms with Crippen LogP contribution >= 0.6 is 15.9 Å². The Morgan fingerprint density at radius 3 is 2.70 bits per heavy atom. The van der Waals surface area contributed by atoms with Crippen molar-refractivity contribution in [3.63, 3.8) is 0 Å². The lowest BCUT2D eigenvalue weighted by Gasteiger charge is -2.06. The van der Waals surface area contributed by atoms with Crippen molar-refractivity contribution in [1.29, 1.82) is 0 Å².